The summed E-state index contributed by atoms with van der Waals surface area (Å²) in [5.74, 6) is 0.0499. The smallest absolute Gasteiger partial charge is 0.450 e. The van der Waals surface area contributed by atoms with Crippen molar-refractivity contribution >= 4 is 23.5 Å². The molecule has 0 saturated carbocycles. The second-order valence-electron chi connectivity index (χ2n) is 4.90. The molecule has 0 saturated heterocycles. The minimum absolute atomic E-state index is 0.0499. The van der Waals surface area contributed by atoms with Crippen LogP contribution < -0.4 is 0 Å². The van der Waals surface area contributed by atoms with Gasteiger partial charge in [0.25, 0.3) is 0 Å². The number of allylic oxidation sites excluding steroid dienone is 1. The Balaban J connectivity index is 0.000000593. The first-order chi connectivity index (χ1) is 10.8. The summed E-state index contributed by atoms with van der Waals surface area (Å²) in [6, 6.07) is 15.3. The second kappa shape index (κ2) is 8.76. The Morgan fingerprint density at radius 1 is 1.09 bits per heavy atom. The summed E-state index contributed by atoms with van der Waals surface area (Å²) in [4.78, 5) is 20.8. The number of carbonyl (C=O) groups is 2. The van der Waals surface area contributed by atoms with Crippen molar-refractivity contribution in [3.05, 3.63) is 71.3 Å². The maximum absolute atomic E-state index is 12.3. The summed E-state index contributed by atoms with van der Waals surface area (Å²) in [5.41, 5.74) is 3.44. The van der Waals surface area contributed by atoms with Gasteiger partial charge in [-0.3, -0.25) is 4.79 Å². The molecule has 0 aliphatic carbocycles. The number of hydrogen-bond acceptors (Lipinski definition) is 2. The zero-order valence-corrected chi connectivity index (χ0v) is 13.4. The predicted octanol–water partition coefficient (Wildman–Crippen LogP) is 5.38. The molecule has 0 unspecified atom stereocenters. The van der Waals surface area contributed by atoms with Crippen LogP contribution in [0.2, 0.25) is 5.02 Å². The highest BCUT2D eigenvalue weighted by Gasteiger charge is 2.13. The standard InChI is InChI=1S/C17H15ClO.CH2O3/c1-12(2)10-17(19)16-11-14(18)8-9-15(16)13-6-4-3-5-7-13;2-1(3)4/h3-9,11H,1,10H2,2H3;(H2,2,3,4). The van der Waals surface area contributed by atoms with Gasteiger partial charge in [-0.25, -0.2) is 4.79 Å². The first-order valence-electron chi connectivity index (χ1n) is 6.75. The van der Waals surface area contributed by atoms with Gasteiger partial charge in [-0.15, -0.1) is 0 Å². The zero-order chi connectivity index (χ0) is 17.4. The lowest BCUT2D eigenvalue weighted by Crippen LogP contribution is -2.02. The number of Topliss-reactive ketones (excluding diaryl/α,β-unsaturated/α-hetero) is 1. The third-order valence-corrected chi connectivity index (χ3v) is 3.06. The molecule has 0 bridgehead atoms. The topological polar surface area (TPSA) is 74.6 Å². The van der Waals surface area contributed by atoms with E-state index in [-0.39, 0.29) is 5.78 Å². The molecule has 0 fully saturated rings. The Hall–Kier alpha value is -2.59. The summed E-state index contributed by atoms with van der Waals surface area (Å²) in [6.45, 7) is 5.64. The lowest BCUT2D eigenvalue weighted by atomic mass is 9.95. The maximum Gasteiger partial charge on any atom is 0.503 e. The molecule has 23 heavy (non-hydrogen) atoms. The van der Waals surface area contributed by atoms with Crippen molar-refractivity contribution in [3.8, 4) is 11.1 Å². The van der Waals surface area contributed by atoms with Crippen LogP contribution >= 0.6 is 11.6 Å². The molecule has 2 aromatic carbocycles. The van der Waals surface area contributed by atoms with E-state index in [0.29, 0.717) is 17.0 Å². The quantitative estimate of drug-likeness (QED) is 0.582. The van der Waals surface area contributed by atoms with Crippen LogP contribution in [0.3, 0.4) is 0 Å². The van der Waals surface area contributed by atoms with Gasteiger partial charge >= 0.3 is 6.16 Å². The SMILES string of the molecule is C=C(C)CC(=O)c1cc(Cl)ccc1-c1ccccc1.O=C(O)O. The summed E-state index contributed by atoms with van der Waals surface area (Å²) >= 11 is 6.01. The van der Waals surface area contributed by atoms with Crippen LogP contribution in [0, 0.1) is 0 Å². The Bertz CT molecular complexity index is 704. The summed E-state index contributed by atoms with van der Waals surface area (Å²) < 4.78 is 0. The van der Waals surface area contributed by atoms with Gasteiger partial charge in [0.1, 0.15) is 0 Å². The number of carboxylic acid groups (broad SMARTS) is 2. The number of hydrogen-bond donors (Lipinski definition) is 2. The zero-order valence-electron chi connectivity index (χ0n) is 12.6. The Morgan fingerprint density at radius 3 is 2.17 bits per heavy atom. The first kappa shape index (κ1) is 18.5. The molecule has 0 radical (unpaired) electrons. The van der Waals surface area contributed by atoms with Crippen LogP contribution in [0.4, 0.5) is 4.79 Å². The molecule has 0 spiro atoms. The fraction of sp³-hybridized carbons (Fsp3) is 0.111. The van der Waals surface area contributed by atoms with Crippen molar-refractivity contribution in [2.45, 2.75) is 13.3 Å². The molecule has 0 heterocycles. The van der Waals surface area contributed by atoms with E-state index < -0.39 is 6.16 Å². The van der Waals surface area contributed by atoms with E-state index in [0.717, 1.165) is 16.7 Å². The molecule has 5 heteroatoms. The van der Waals surface area contributed by atoms with E-state index >= 15 is 0 Å². The normalized spacial score (nSPS) is 9.48. The van der Waals surface area contributed by atoms with E-state index in [4.69, 9.17) is 26.6 Å². The van der Waals surface area contributed by atoms with Gasteiger partial charge < -0.3 is 10.2 Å². The molecule has 4 nitrogen and oxygen atoms in total. The third kappa shape index (κ3) is 6.36. The van der Waals surface area contributed by atoms with E-state index in [2.05, 4.69) is 6.58 Å². The molecule has 0 amide bonds. The van der Waals surface area contributed by atoms with E-state index in [1.807, 2.05) is 43.3 Å². The van der Waals surface area contributed by atoms with Crippen LogP contribution in [0.15, 0.2) is 60.7 Å². The largest absolute Gasteiger partial charge is 0.503 e. The average molecular weight is 333 g/mol. The number of carbonyl (C=O) groups excluding carboxylic acids is 1. The Morgan fingerprint density at radius 2 is 1.65 bits per heavy atom. The molecule has 0 aliphatic heterocycles. The fourth-order valence-corrected chi connectivity index (χ4v) is 2.16. The van der Waals surface area contributed by atoms with E-state index in [1.54, 1.807) is 12.1 Å². The lowest BCUT2D eigenvalue weighted by Gasteiger charge is -2.09. The van der Waals surface area contributed by atoms with Crippen LogP contribution in [0.25, 0.3) is 11.1 Å². The molecule has 2 aromatic rings. The van der Waals surface area contributed by atoms with Crippen molar-refractivity contribution in [1.82, 2.24) is 0 Å². The summed E-state index contributed by atoms with van der Waals surface area (Å²) in [6.07, 6.45) is -1.49. The molecular formula is C18H17ClO4. The molecule has 2 rings (SSSR count). The van der Waals surface area contributed by atoms with Gasteiger partial charge in [-0.2, -0.15) is 0 Å². The van der Waals surface area contributed by atoms with Crippen LogP contribution in [-0.2, 0) is 0 Å². The van der Waals surface area contributed by atoms with Crippen molar-refractivity contribution in [2.75, 3.05) is 0 Å². The molecule has 0 aliphatic rings. The number of halogens is 1. The first-order valence-corrected chi connectivity index (χ1v) is 7.13. The van der Waals surface area contributed by atoms with Gasteiger partial charge in [0.15, 0.2) is 5.78 Å². The van der Waals surface area contributed by atoms with Crippen LogP contribution in [0.5, 0.6) is 0 Å². The highest BCUT2D eigenvalue weighted by Crippen LogP contribution is 2.28. The molecule has 0 aromatic heterocycles. The predicted molar refractivity (Wildman–Crippen MR) is 91.3 cm³/mol. The van der Waals surface area contributed by atoms with Gasteiger partial charge in [-0.1, -0.05) is 60.2 Å². The highest BCUT2D eigenvalue weighted by atomic mass is 35.5. The average Bonchev–Trinajstić information content (AvgIpc) is 2.46. The van der Waals surface area contributed by atoms with Crippen LogP contribution in [-0.4, -0.2) is 22.2 Å². The second-order valence-corrected chi connectivity index (χ2v) is 5.33. The van der Waals surface area contributed by atoms with E-state index in [9.17, 15) is 4.79 Å². The van der Waals surface area contributed by atoms with Crippen molar-refractivity contribution < 1.29 is 19.8 Å². The molecule has 2 N–H and O–H groups in total. The molecule has 0 atom stereocenters. The van der Waals surface area contributed by atoms with E-state index in [1.165, 1.54) is 0 Å². The van der Waals surface area contributed by atoms with Crippen molar-refractivity contribution in [1.29, 1.82) is 0 Å². The van der Waals surface area contributed by atoms with Crippen LogP contribution in [0.1, 0.15) is 23.7 Å². The number of ketones is 1. The third-order valence-electron chi connectivity index (χ3n) is 2.83. The summed E-state index contributed by atoms with van der Waals surface area (Å²) in [7, 11) is 0. The van der Waals surface area contributed by atoms with Gasteiger partial charge in [0, 0.05) is 17.0 Å². The number of rotatable bonds is 4. The number of benzene rings is 2. The minimum atomic E-state index is -1.83. The lowest BCUT2D eigenvalue weighted by molar-refractivity contribution is 0.0993. The Kier molecular flexibility index (Phi) is 7.03. The Labute approximate surface area is 139 Å². The summed E-state index contributed by atoms with van der Waals surface area (Å²) in [5, 5.41) is 14.5. The highest BCUT2D eigenvalue weighted by molar-refractivity contribution is 6.31. The van der Waals surface area contributed by atoms with Crippen molar-refractivity contribution in [3.63, 3.8) is 0 Å². The van der Waals surface area contributed by atoms with Gasteiger partial charge in [-0.05, 0) is 30.2 Å². The fourth-order valence-electron chi connectivity index (χ4n) is 1.99. The molecule has 120 valence electrons. The van der Waals surface area contributed by atoms with Gasteiger partial charge in [0.2, 0.25) is 0 Å². The maximum atomic E-state index is 12.3. The minimum Gasteiger partial charge on any atom is -0.450 e. The monoisotopic (exact) mass is 332 g/mol. The molecular weight excluding hydrogens is 316 g/mol. The van der Waals surface area contributed by atoms with Crippen molar-refractivity contribution in [2.24, 2.45) is 0 Å². The van der Waals surface area contributed by atoms with Gasteiger partial charge in [0.05, 0.1) is 0 Å².